The summed E-state index contributed by atoms with van der Waals surface area (Å²) in [6, 6.07) is 1.71. The molecule has 7 nitrogen and oxygen atoms in total. The lowest BCUT2D eigenvalue weighted by atomic mass is 10.2. The fourth-order valence-corrected chi connectivity index (χ4v) is 2.04. The fraction of sp³-hybridized carbons (Fsp3) is 0.100. The van der Waals surface area contributed by atoms with Crippen LogP contribution in [-0.4, -0.2) is 26.7 Å². The van der Waals surface area contributed by atoms with E-state index in [0.29, 0.717) is 16.9 Å². The van der Waals surface area contributed by atoms with Crippen molar-refractivity contribution < 1.29 is 10.0 Å². The van der Waals surface area contributed by atoms with Crippen molar-refractivity contribution in [3.63, 3.8) is 0 Å². The van der Waals surface area contributed by atoms with E-state index in [1.54, 1.807) is 18.5 Å². The molecule has 0 fully saturated rings. The van der Waals surface area contributed by atoms with Gasteiger partial charge < -0.3 is 16.3 Å². The number of thiophene rings is 1. The Morgan fingerprint density at radius 2 is 2.44 bits per heavy atom. The molecule has 0 saturated heterocycles. The SMILES string of the molecule is Cn1ncc(C(N)=NO)c1NC(=O)c1ccsc1. The number of hydrogen-bond donors (Lipinski definition) is 3. The van der Waals surface area contributed by atoms with E-state index in [2.05, 4.69) is 15.6 Å². The highest BCUT2D eigenvalue weighted by Gasteiger charge is 2.16. The van der Waals surface area contributed by atoms with Gasteiger partial charge in [-0.25, -0.2) is 0 Å². The highest BCUT2D eigenvalue weighted by atomic mass is 32.1. The molecule has 0 spiro atoms. The average molecular weight is 265 g/mol. The molecular weight excluding hydrogens is 254 g/mol. The Kier molecular flexibility index (Phi) is 3.28. The van der Waals surface area contributed by atoms with E-state index < -0.39 is 0 Å². The second-order valence-corrected chi connectivity index (χ2v) is 4.26. The number of carbonyl (C=O) groups excluding carboxylic acids is 1. The van der Waals surface area contributed by atoms with Crippen molar-refractivity contribution in [1.82, 2.24) is 9.78 Å². The maximum absolute atomic E-state index is 11.9. The molecule has 18 heavy (non-hydrogen) atoms. The van der Waals surface area contributed by atoms with Gasteiger partial charge in [0.25, 0.3) is 5.91 Å². The number of amides is 1. The normalized spacial score (nSPS) is 11.5. The minimum atomic E-state index is -0.271. The van der Waals surface area contributed by atoms with Gasteiger partial charge in [-0.2, -0.15) is 16.4 Å². The van der Waals surface area contributed by atoms with Gasteiger partial charge in [0.1, 0.15) is 5.82 Å². The Labute approximate surface area is 107 Å². The summed E-state index contributed by atoms with van der Waals surface area (Å²) in [5.41, 5.74) is 6.41. The number of nitrogens with zero attached hydrogens (tertiary/aromatic N) is 3. The molecule has 2 aromatic heterocycles. The highest BCUT2D eigenvalue weighted by molar-refractivity contribution is 7.08. The standard InChI is InChI=1S/C10H11N5O2S/c1-15-9(7(4-12-15)8(11)14-17)13-10(16)6-2-3-18-5-6/h2-5,17H,1H3,(H2,11,14)(H,13,16). The molecule has 0 aliphatic heterocycles. The Hall–Kier alpha value is -2.35. The Morgan fingerprint density at radius 1 is 1.67 bits per heavy atom. The first-order chi connectivity index (χ1) is 8.63. The van der Waals surface area contributed by atoms with Crippen LogP contribution in [0.15, 0.2) is 28.2 Å². The van der Waals surface area contributed by atoms with Crippen molar-refractivity contribution in [2.24, 2.45) is 17.9 Å². The van der Waals surface area contributed by atoms with Crippen LogP contribution in [0.3, 0.4) is 0 Å². The predicted molar refractivity (Wildman–Crippen MR) is 68.0 cm³/mol. The van der Waals surface area contributed by atoms with Gasteiger partial charge in [0.15, 0.2) is 5.84 Å². The number of rotatable bonds is 3. The van der Waals surface area contributed by atoms with Crippen LogP contribution < -0.4 is 11.1 Å². The Balaban J connectivity index is 2.29. The molecule has 4 N–H and O–H groups in total. The molecule has 2 heterocycles. The summed E-state index contributed by atoms with van der Waals surface area (Å²) in [6.45, 7) is 0. The third-order valence-electron chi connectivity index (χ3n) is 2.34. The molecule has 0 aliphatic rings. The number of aromatic nitrogens is 2. The quantitative estimate of drug-likeness (QED) is 0.331. The van der Waals surface area contributed by atoms with Crippen molar-refractivity contribution in [2.45, 2.75) is 0 Å². The van der Waals surface area contributed by atoms with Crippen LogP contribution in [0, 0.1) is 0 Å². The van der Waals surface area contributed by atoms with Crippen LogP contribution in [0.4, 0.5) is 5.82 Å². The van der Waals surface area contributed by atoms with Gasteiger partial charge in [-0.3, -0.25) is 9.48 Å². The molecule has 0 aromatic carbocycles. The first-order valence-electron chi connectivity index (χ1n) is 4.97. The first-order valence-corrected chi connectivity index (χ1v) is 5.91. The van der Waals surface area contributed by atoms with Crippen LogP contribution in [0.5, 0.6) is 0 Å². The topological polar surface area (TPSA) is 106 Å². The summed E-state index contributed by atoms with van der Waals surface area (Å²) in [6.07, 6.45) is 1.41. The zero-order valence-electron chi connectivity index (χ0n) is 9.49. The lowest BCUT2D eigenvalue weighted by molar-refractivity contribution is 0.102. The number of aryl methyl sites for hydroxylation is 1. The number of amidine groups is 1. The van der Waals surface area contributed by atoms with Crippen molar-refractivity contribution in [3.8, 4) is 0 Å². The van der Waals surface area contributed by atoms with Crippen LogP contribution >= 0.6 is 11.3 Å². The lowest BCUT2D eigenvalue weighted by Gasteiger charge is -2.06. The first kappa shape index (κ1) is 12.1. The third kappa shape index (κ3) is 2.18. The number of nitrogens with one attached hydrogen (secondary N) is 1. The summed E-state index contributed by atoms with van der Waals surface area (Å²) >= 11 is 1.43. The summed E-state index contributed by atoms with van der Waals surface area (Å²) in [4.78, 5) is 11.9. The molecule has 1 amide bonds. The van der Waals surface area contributed by atoms with E-state index in [-0.39, 0.29) is 11.7 Å². The van der Waals surface area contributed by atoms with E-state index >= 15 is 0 Å². The van der Waals surface area contributed by atoms with E-state index in [4.69, 9.17) is 10.9 Å². The van der Waals surface area contributed by atoms with Gasteiger partial charge in [0.05, 0.1) is 17.3 Å². The molecule has 94 valence electrons. The molecule has 0 bridgehead atoms. The minimum absolute atomic E-state index is 0.108. The molecule has 0 atom stereocenters. The van der Waals surface area contributed by atoms with Crippen molar-refractivity contribution in [1.29, 1.82) is 0 Å². The van der Waals surface area contributed by atoms with Crippen molar-refractivity contribution >= 4 is 28.9 Å². The molecule has 0 saturated carbocycles. The van der Waals surface area contributed by atoms with Crippen LogP contribution in [0.2, 0.25) is 0 Å². The molecule has 2 aromatic rings. The number of hydrogen-bond acceptors (Lipinski definition) is 5. The zero-order chi connectivity index (χ0) is 13.1. The van der Waals surface area contributed by atoms with E-state index in [1.807, 2.05) is 5.38 Å². The van der Waals surface area contributed by atoms with Gasteiger partial charge >= 0.3 is 0 Å². The number of anilines is 1. The second kappa shape index (κ2) is 4.88. The number of oxime groups is 1. The van der Waals surface area contributed by atoms with Gasteiger partial charge in [-0.05, 0) is 11.4 Å². The number of carbonyl (C=O) groups is 1. The maximum atomic E-state index is 11.9. The van der Waals surface area contributed by atoms with Crippen LogP contribution in [-0.2, 0) is 7.05 Å². The molecular formula is C10H11N5O2S. The second-order valence-electron chi connectivity index (χ2n) is 3.48. The fourth-order valence-electron chi connectivity index (χ4n) is 1.40. The minimum Gasteiger partial charge on any atom is -0.409 e. The summed E-state index contributed by atoms with van der Waals surface area (Å²) in [7, 11) is 1.65. The maximum Gasteiger partial charge on any atom is 0.257 e. The largest absolute Gasteiger partial charge is 0.409 e. The molecule has 0 radical (unpaired) electrons. The number of nitrogens with two attached hydrogens (primary N) is 1. The monoisotopic (exact) mass is 265 g/mol. The highest BCUT2D eigenvalue weighted by Crippen LogP contribution is 2.16. The summed E-state index contributed by atoms with van der Waals surface area (Å²) in [5, 5.41) is 21.7. The summed E-state index contributed by atoms with van der Waals surface area (Å²) in [5.74, 6) is -0.00272. The Morgan fingerprint density at radius 3 is 3.06 bits per heavy atom. The van der Waals surface area contributed by atoms with Crippen LogP contribution in [0.25, 0.3) is 0 Å². The van der Waals surface area contributed by atoms with E-state index in [1.165, 1.54) is 22.2 Å². The van der Waals surface area contributed by atoms with E-state index in [9.17, 15) is 4.79 Å². The van der Waals surface area contributed by atoms with Gasteiger partial charge in [0, 0.05) is 12.4 Å². The lowest BCUT2D eigenvalue weighted by Crippen LogP contribution is -2.19. The van der Waals surface area contributed by atoms with Gasteiger partial charge in [-0.1, -0.05) is 5.16 Å². The van der Waals surface area contributed by atoms with E-state index in [0.717, 1.165) is 0 Å². The molecule has 8 heteroatoms. The molecule has 0 unspecified atom stereocenters. The van der Waals surface area contributed by atoms with Crippen molar-refractivity contribution in [3.05, 3.63) is 34.2 Å². The molecule has 2 rings (SSSR count). The smallest absolute Gasteiger partial charge is 0.257 e. The Bertz CT molecular complexity index is 587. The van der Waals surface area contributed by atoms with Gasteiger partial charge in [0.2, 0.25) is 0 Å². The van der Waals surface area contributed by atoms with Crippen LogP contribution in [0.1, 0.15) is 15.9 Å². The van der Waals surface area contributed by atoms with Crippen molar-refractivity contribution in [2.75, 3.05) is 5.32 Å². The predicted octanol–water partition coefficient (Wildman–Crippen LogP) is 0.828. The average Bonchev–Trinajstić information content (AvgIpc) is 2.99. The third-order valence-corrected chi connectivity index (χ3v) is 3.02. The zero-order valence-corrected chi connectivity index (χ0v) is 10.3. The summed E-state index contributed by atoms with van der Waals surface area (Å²) < 4.78 is 1.44. The molecule has 0 aliphatic carbocycles. The van der Waals surface area contributed by atoms with Gasteiger partial charge in [-0.15, -0.1) is 0 Å².